The molecule has 2 aromatic rings. The van der Waals surface area contributed by atoms with E-state index in [0.717, 1.165) is 20.7 Å². The third-order valence-corrected chi connectivity index (χ3v) is 5.15. The molecule has 1 heterocycles. The molecule has 0 bridgehead atoms. The second kappa shape index (κ2) is 7.55. The van der Waals surface area contributed by atoms with E-state index in [0.29, 0.717) is 12.4 Å². The molecule has 0 radical (unpaired) electrons. The Morgan fingerprint density at radius 2 is 1.96 bits per heavy atom. The number of ether oxygens (including phenoxy) is 1. The van der Waals surface area contributed by atoms with Gasteiger partial charge in [-0.3, -0.25) is 0 Å². The van der Waals surface area contributed by atoms with Crippen molar-refractivity contribution in [2.45, 2.75) is 43.9 Å². The van der Waals surface area contributed by atoms with E-state index in [-0.39, 0.29) is 5.41 Å². The molecule has 0 atom stereocenters. The van der Waals surface area contributed by atoms with Gasteiger partial charge in [-0.2, -0.15) is 4.89 Å². The van der Waals surface area contributed by atoms with Gasteiger partial charge in [0, 0.05) is 10.9 Å². The lowest BCUT2D eigenvalue weighted by Crippen LogP contribution is -2.17. The second-order valence-corrected chi connectivity index (χ2v) is 8.92. The van der Waals surface area contributed by atoms with Crippen LogP contribution in [-0.2, 0) is 4.89 Å². The molecule has 126 valence electrons. The number of thiazole rings is 1. The van der Waals surface area contributed by atoms with Crippen LogP contribution >= 0.6 is 23.1 Å². The number of hydrogen-bond donors (Lipinski definition) is 0. The smallest absolute Gasteiger partial charge is 0.169 e. The molecule has 1 aromatic heterocycles. The summed E-state index contributed by atoms with van der Waals surface area (Å²) in [5, 5.41) is 0. The number of nitrogens with zero attached hydrogens (tertiary/aromatic N) is 1. The van der Waals surface area contributed by atoms with Crippen LogP contribution in [0.25, 0.3) is 0 Å². The summed E-state index contributed by atoms with van der Waals surface area (Å²) in [7, 11) is 1.49. The molecule has 0 saturated carbocycles. The van der Waals surface area contributed by atoms with Crippen LogP contribution in [0.3, 0.4) is 0 Å². The van der Waals surface area contributed by atoms with Gasteiger partial charge in [0.05, 0.1) is 24.3 Å². The molecule has 0 aliphatic rings. The van der Waals surface area contributed by atoms with Gasteiger partial charge in [-0.25, -0.2) is 4.98 Å². The van der Waals surface area contributed by atoms with Crippen LogP contribution in [-0.4, -0.2) is 18.7 Å². The van der Waals surface area contributed by atoms with Gasteiger partial charge < -0.3 is 9.62 Å². The summed E-state index contributed by atoms with van der Waals surface area (Å²) < 4.78 is 7.03. The van der Waals surface area contributed by atoms with Gasteiger partial charge in [-0.15, -0.1) is 11.3 Å². The van der Waals surface area contributed by atoms with Crippen molar-refractivity contribution in [3.8, 4) is 11.5 Å². The molecule has 0 unspecified atom stereocenters. The van der Waals surface area contributed by atoms with Crippen molar-refractivity contribution < 1.29 is 14.5 Å². The van der Waals surface area contributed by atoms with E-state index in [2.05, 4.69) is 32.7 Å². The number of rotatable bonds is 6. The van der Waals surface area contributed by atoms with Crippen molar-refractivity contribution in [1.29, 1.82) is 0 Å². The van der Waals surface area contributed by atoms with E-state index >= 15 is 0 Å². The zero-order valence-electron chi connectivity index (χ0n) is 14.4. The van der Waals surface area contributed by atoms with E-state index in [1.54, 1.807) is 23.1 Å². The van der Waals surface area contributed by atoms with E-state index < -0.39 is 0 Å². The van der Waals surface area contributed by atoms with Gasteiger partial charge >= 0.3 is 0 Å². The maximum Gasteiger partial charge on any atom is 0.169 e. The third-order valence-electron chi connectivity index (χ3n) is 2.96. The van der Waals surface area contributed by atoms with Crippen molar-refractivity contribution in [3.63, 3.8) is 0 Å². The molecule has 0 spiro atoms. The first-order valence-electron chi connectivity index (χ1n) is 7.38. The van der Waals surface area contributed by atoms with Crippen LogP contribution < -0.4 is 9.62 Å². The van der Waals surface area contributed by atoms with Crippen LogP contribution in [0.1, 0.15) is 31.3 Å². The van der Waals surface area contributed by atoms with Crippen molar-refractivity contribution in [2.24, 2.45) is 5.41 Å². The summed E-state index contributed by atoms with van der Waals surface area (Å²) in [6, 6.07) is 5.69. The molecule has 1 aromatic carbocycles. The minimum absolute atomic E-state index is 0.0778. The van der Waals surface area contributed by atoms with Crippen LogP contribution in [0.2, 0.25) is 0 Å². The highest BCUT2D eigenvalue weighted by atomic mass is 32.2. The van der Waals surface area contributed by atoms with Gasteiger partial charge in [0.1, 0.15) is 5.75 Å². The average molecular weight is 354 g/mol. The lowest BCUT2D eigenvalue weighted by Gasteiger charge is -2.20. The maximum atomic E-state index is 6.02. The summed E-state index contributed by atoms with van der Waals surface area (Å²) in [6.07, 6.45) is 0. The number of benzene rings is 1. The Labute approximate surface area is 146 Å². The zero-order chi connectivity index (χ0) is 17.0. The molecule has 0 saturated heterocycles. The predicted octanol–water partition coefficient (Wildman–Crippen LogP) is 5.28. The van der Waals surface area contributed by atoms with Crippen LogP contribution in [0.5, 0.6) is 11.5 Å². The summed E-state index contributed by atoms with van der Waals surface area (Å²) >= 11 is 3.31. The fourth-order valence-electron chi connectivity index (χ4n) is 1.71. The SMILES string of the molecule is COOc1ccc(Sc2nc(C)c(C)s2)c(OCC(C)(C)C)c1. The normalized spacial score (nSPS) is 11.6. The first-order chi connectivity index (χ1) is 10.8. The minimum Gasteiger partial charge on any atom is -0.492 e. The van der Waals surface area contributed by atoms with Crippen LogP contribution in [0, 0.1) is 19.3 Å². The first kappa shape index (κ1) is 18.1. The van der Waals surface area contributed by atoms with Crippen molar-refractivity contribution in [3.05, 3.63) is 28.8 Å². The molecule has 0 aliphatic carbocycles. The van der Waals surface area contributed by atoms with Gasteiger partial charge in [-0.05, 0) is 31.4 Å². The zero-order valence-corrected chi connectivity index (χ0v) is 16.1. The van der Waals surface area contributed by atoms with Gasteiger partial charge in [0.15, 0.2) is 10.1 Å². The topological polar surface area (TPSA) is 40.6 Å². The molecule has 23 heavy (non-hydrogen) atoms. The predicted molar refractivity (Wildman–Crippen MR) is 94.7 cm³/mol. The van der Waals surface area contributed by atoms with E-state index in [1.807, 2.05) is 25.1 Å². The van der Waals surface area contributed by atoms with Gasteiger partial charge in [0.2, 0.25) is 0 Å². The Bertz CT molecular complexity index is 643. The summed E-state index contributed by atoms with van der Waals surface area (Å²) in [4.78, 5) is 16.7. The van der Waals surface area contributed by atoms with E-state index in [1.165, 1.54) is 12.0 Å². The third kappa shape index (κ3) is 5.41. The molecule has 2 rings (SSSR count). The average Bonchev–Trinajstić information content (AvgIpc) is 2.77. The summed E-state index contributed by atoms with van der Waals surface area (Å²) in [6.45, 7) is 11.2. The van der Waals surface area contributed by atoms with Crippen molar-refractivity contribution in [2.75, 3.05) is 13.7 Å². The molecular weight excluding hydrogens is 330 g/mol. The fraction of sp³-hybridized carbons (Fsp3) is 0.471. The number of aromatic nitrogens is 1. The molecule has 6 heteroatoms. The van der Waals surface area contributed by atoms with E-state index in [9.17, 15) is 0 Å². The quantitative estimate of drug-likeness (QED) is 0.522. The lowest BCUT2D eigenvalue weighted by atomic mass is 9.99. The standard InChI is InChI=1S/C17H23NO3S2/c1-11-12(2)22-16(18-11)23-15-8-7-13(21-19-6)9-14(15)20-10-17(3,4)5/h7-9H,10H2,1-6H3. The molecule has 0 fully saturated rings. The van der Waals surface area contributed by atoms with Crippen LogP contribution in [0.4, 0.5) is 0 Å². The molecule has 0 amide bonds. The maximum absolute atomic E-state index is 6.02. The Morgan fingerprint density at radius 3 is 2.52 bits per heavy atom. The van der Waals surface area contributed by atoms with Crippen molar-refractivity contribution in [1.82, 2.24) is 4.98 Å². The Balaban J connectivity index is 2.25. The second-order valence-electron chi connectivity index (χ2n) is 6.43. The summed E-state index contributed by atoms with van der Waals surface area (Å²) in [5.41, 5.74) is 1.16. The largest absolute Gasteiger partial charge is 0.492 e. The highest BCUT2D eigenvalue weighted by molar-refractivity contribution is 8.01. The van der Waals surface area contributed by atoms with Crippen molar-refractivity contribution >= 4 is 23.1 Å². The monoisotopic (exact) mass is 353 g/mol. The number of hydrogen-bond acceptors (Lipinski definition) is 6. The Morgan fingerprint density at radius 1 is 1.22 bits per heavy atom. The first-order valence-corrected chi connectivity index (χ1v) is 9.01. The van der Waals surface area contributed by atoms with Gasteiger partial charge in [0.25, 0.3) is 0 Å². The van der Waals surface area contributed by atoms with Crippen LogP contribution in [0.15, 0.2) is 27.4 Å². The highest BCUT2D eigenvalue weighted by Crippen LogP contribution is 2.40. The fourth-order valence-corrected chi connectivity index (χ4v) is 3.88. The molecular formula is C17H23NO3S2. The number of aryl methyl sites for hydroxylation is 2. The lowest BCUT2D eigenvalue weighted by molar-refractivity contribution is -0.178. The van der Waals surface area contributed by atoms with E-state index in [4.69, 9.17) is 14.5 Å². The Kier molecular flexibility index (Phi) is 5.95. The minimum atomic E-state index is 0.0778. The summed E-state index contributed by atoms with van der Waals surface area (Å²) in [5.74, 6) is 1.40. The molecule has 4 nitrogen and oxygen atoms in total. The van der Waals surface area contributed by atoms with Gasteiger partial charge in [-0.1, -0.05) is 32.5 Å². The Hall–Kier alpha value is -1.24. The highest BCUT2D eigenvalue weighted by Gasteiger charge is 2.16. The molecule has 0 N–H and O–H groups in total. The molecule has 0 aliphatic heterocycles.